The molecule has 0 aliphatic rings. The fraction of sp³-hybridized carbons (Fsp3) is 0.500. The number of hydrogen-bond donors (Lipinski definition) is 2. The van der Waals surface area contributed by atoms with Crippen LogP contribution in [-0.4, -0.2) is 35.4 Å². The van der Waals surface area contributed by atoms with Crippen LogP contribution in [0.2, 0.25) is 0 Å². The molecule has 0 unspecified atom stereocenters. The summed E-state index contributed by atoms with van der Waals surface area (Å²) in [4.78, 5) is 23.1. The number of rotatable bonds is 9. The van der Waals surface area contributed by atoms with Crippen molar-refractivity contribution in [3.05, 3.63) is 35.4 Å². The SMILES string of the molecule is CC[C@H](CCCCO)COC(=O)c1ccccc1C(=O)O. The predicted molar refractivity (Wildman–Crippen MR) is 78.4 cm³/mol. The molecule has 21 heavy (non-hydrogen) atoms. The monoisotopic (exact) mass is 294 g/mol. The molecule has 1 aromatic rings. The van der Waals surface area contributed by atoms with Crippen molar-refractivity contribution in [1.29, 1.82) is 0 Å². The molecule has 2 N–H and O–H groups in total. The fourth-order valence-electron chi connectivity index (χ4n) is 2.07. The van der Waals surface area contributed by atoms with E-state index in [2.05, 4.69) is 0 Å². The van der Waals surface area contributed by atoms with Crippen molar-refractivity contribution >= 4 is 11.9 Å². The highest BCUT2D eigenvalue weighted by Crippen LogP contribution is 2.15. The summed E-state index contributed by atoms with van der Waals surface area (Å²) < 4.78 is 5.24. The summed E-state index contributed by atoms with van der Waals surface area (Å²) in [7, 11) is 0. The number of esters is 1. The minimum absolute atomic E-state index is 0.0455. The van der Waals surface area contributed by atoms with Gasteiger partial charge in [0, 0.05) is 6.61 Å². The molecule has 0 aromatic heterocycles. The molecule has 0 heterocycles. The van der Waals surface area contributed by atoms with Gasteiger partial charge in [-0.05, 0) is 30.9 Å². The average Bonchev–Trinajstić information content (AvgIpc) is 2.50. The summed E-state index contributed by atoms with van der Waals surface area (Å²) in [5, 5.41) is 17.8. The Kier molecular flexibility index (Phi) is 7.46. The van der Waals surface area contributed by atoms with E-state index in [0.717, 1.165) is 25.7 Å². The maximum Gasteiger partial charge on any atom is 0.339 e. The molecule has 0 aliphatic heterocycles. The van der Waals surface area contributed by atoms with E-state index in [1.165, 1.54) is 12.1 Å². The number of carbonyl (C=O) groups excluding carboxylic acids is 1. The van der Waals surface area contributed by atoms with E-state index in [0.29, 0.717) is 0 Å². The van der Waals surface area contributed by atoms with E-state index < -0.39 is 11.9 Å². The molecule has 5 nitrogen and oxygen atoms in total. The van der Waals surface area contributed by atoms with Gasteiger partial charge in [-0.2, -0.15) is 0 Å². The number of aliphatic hydroxyl groups excluding tert-OH is 1. The quantitative estimate of drug-likeness (QED) is 0.540. The van der Waals surface area contributed by atoms with Gasteiger partial charge in [0.25, 0.3) is 0 Å². The number of unbranched alkanes of at least 4 members (excludes halogenated alkanes) is 1. The Morgan fingerprint density at radius 1 is 1.19 bits per heavy atom. The molecule has 0 bridgehead atoms. The predicted octanol–water partition coefficient (Wildman–Crippen LogP) is 2.73. The molecule has 0 saturated carbocycles. The van der Waals surface area contributed by atoms with Gasteiger partial charge in [-0.15, -0.1) is 0 Å². The number of aromatic carboxylic acids is 1. The zero-order valence-electron chi connectivity index (χ0n) is 12.2. The first-order valence-corrected chi connectivity index (χ1v) is 7.20. The summed E-state index contributed by atoms with van der Waals surface area (Å²) in [6.07, 6.45) is 3.38. The molecule has 5 heteroatoms. The molecule has 0 fully saturated rings. The van der Waals surface area contributed by atoms with Crippen molar-refractivity contribution in [2.45, 2.75) is 32.6 Å². The fourth-order valence-corrected chi connectivity index (χ4v) is 2.07. The molecule has 116 valence electrons. The van der Waals surface area contributed by atoms with Gasteiger partial charge in [0.2, 0.25) is 0 Å². The zero-order chi connectivity index (χ0) is 15.7. The molecule has 1 aromatic carbocycles. The number of carboxylic acid groups (broad SMARTS) is 1. The number of carbonyl (C=O) groups is 2. The van der Waals surface area contributed by atoms with Gasteiger partial charge in [-0.1, -0.05) is 31.9 Å². The van der Waals surface area contributed by atoms with Crippen molar-refractivity contribution in [2.24, 2.45) is 5.92 Å². The van der Waals surface area contributed by atoms with Crippen molar-refractivity contribution in [2.75, 3.05) is 13.2 Å². The zero-order valence-corrected chi connectivity index (χ0v) is 12.2. The second-order valence-corrected chi connectivity index (χ2v) is 4.94. The molecule has 1 atom stereocenters. The normalized spacial score (nSPS) is 11.9. The van der Waals surface area contributed by atoms with Gasteiger partial charge in [-0.3, -0.25) is 0 Å². The maximum atomic E-state index is 12.0. The Bertz CT molecular complexity index is 469. The van der Waals surface area contributed by atoms with Crippen LogP contribution in [0.4, 0.5) is 0 Å². The number of aliphatic hydroxyl groups is 1. The van der Waals surface area contributed by atoms with Crippen molar-refractivity contribution in [3.63, 3.8) is 0 Å². The minimum Gasteiger partial charge on any atom is -0.478 e. The largest absolute Gasteiger partial charge is 0.478 e. The standard InChI is InChI=1S/C16H22O5/c1-2-12(7-5-6-10-17)11-21-16(20)14-9-4-3-8-13(14)15(18)19/h3-4,8-9,12,17H,2,5-7,10-11H2,1H3,(H,18,19)/t12-/m1/s1. The first kappa shape index (κ1) is 17.2. The summed E-state index contributed by atoms with van der Waals surface area (Å²) >= 11 is 0. The van der Waals surface area contributed by atoms with Crippen LogP contribution in [0, 0.1) is 5.92 Å². The van der Waals surface area contributed by atoms with Crippen LogP contribution in [0.15, 0.2) is 24.3 Å². The summed E-state index contributed by atoms with van der Waals surface area (Å²) in [6.45, 7) is 2.46. The van der Waals surface area contributed by atoms with Gasteiger partial charge in [0.15, 0.2) is 0 Å². The van der Waals surface area contributed by atoms with Crippen LogP contribution in [0.5, 0.6) is 0 Å². The smallest absolute Gasteiger partial charge is 0.339 e. The van der Waals surface area contributed by atoms with Gasteiger partial charge in [0.05, 0.1) is 17.7 Å². The van der Waals surface area contributed by atoms with Crippen LogP contribution < -0.4 is 0 Å². The van der Waals surface area contributed by atoms with Crippen LogP contribution in [-0.2, 0) is 4.74 Å². The summed E-state index contributed by atoms with van der Waals surface area (Å²) in [6, 6.07) is 6.03. The van der Waals surface area contributed by atoms with Gasteiger partial charge in [-0.25, -0.2) is 9.59 Å². The Morgan fingerprint density at radius 3 is 2.43 bits per heavy atom. The van der Waals surface area contributed by atoms with Crippen LogP contribution in [0.1, 0.15) is 53.3 Å². The first-order chi connectivity index (χ1) is 10.1. The second-order valence-electron chi connectivity index (χ2n) is 4.94. The summed E-state index contributed by atoms with van der Waals surface area (Å²) in [5.74, 6) is -1.51. The lowest BCUT2D eigenvalue weighted by atomic mass is 10.0. The second kappa shape index (κ2) is 9.13. The Morgan fingerprint density at radius 2 is 1.86 bits per heavy atom. The van der Waals surface area contributed by atoms with E-state index in [9.17, 15) is 9.59 Å². The van der Waals surface area contributed by atoms with Crippen LogP contribution in [0.25, 0.3) is 0 Å². The lowest BCUT2D eigenvalue weighted by Crippen LogP contribution is -2.16. The highest BCUT2D eigenvalue weighted by atomic mass is 16.5. The minimum atomic E-state index is -1.14. The topological polar surface area (TPSA) is 83.8 Å². The van der Waals surface area contributed by atoms with Crippen molar-refractivity contribution in [1.82, 2.24) is 0 Å². The number of ether oxygens (including phenoxy) is 1. The molecule has 0 radical (unpaired) electrons. The molecule has 1 rings (SSSR count). The number of hydrogen-bond acceptors (Lipinski definition) is 4. The number of benzene rings is 1. The summed E-state index contributed by atoms with van der Waals surface area (Å²) in [5.41, 5.74) is 0.0334. The maximum absolute atomic E-state index is 12.0. The third-order valence-corrected chi connectivity index (χ3v) is 3.43. The highest BCUT2D eigenvalue weighted by molar-refractivity contribution is 6.02. The van der Waals surface area contributed by atoms with Gasteiger partial charge >= 0.3 is 11.9 Å². The Hall–Kier alpha value is -1.88. The molecule has 0 aliphatic carbocycles. The highest BCUT2D eigenvalue weighted by Gasteiger charge is 2.18. The first-order valence-electron chi connectivity index (χ1n) is 7.20. The average molecular weight is 294 g/mol. The Balaban J connectivity index is 2.58. The number of carboxylic acids is 1. The molecule has 0 spiro atoms. The van der Waals surface area contributed by atoms with Crippen molar-refractivity contribution in [3.8, 4) is 0 Å². The van der Waals surface area contributed by atoms with E-state index in [1.807, 2.05) is 6.92 Å². The van der Waals surface area contributed by atoms with Crippen LogP contribution >= 0.6 is 0 Å². The lowest BCUT2D eigenvalue weighted by Gasteiger charge is -2.15. The molecule has 0 amide bonds. The van der Waals surface area contributed by atoms with Gasteiger partial charge < -0.3 is 14.9 Å². The van der Waals surface area contributed by atoms with E-state index in [4.69, 9.17) is 14.9 Å². The lowest BCUT2D eigenvalue weighted by molar-refractivity contribution is 0.0419. The van der Waals surface area contributed by atoms with E-state index in [-0.39, 0.29) is 30.3 Å². The van der Waals surface area contributed by atoms with E-state index in [1.54, 1.807) is 12.1 Å². The van der Waals surface area contributed by atoms with E-state index >= 15 is 0 Å². The molecular weight excluding hydrogens is 272 g/mol. The molecule has 0 saturated heterocycles. The molecular formula is C16H22O5. The van der Waals surface area contributed by atoms with Crippen LogP contribution in [0.3, 0.4) is 0 Å². The third-order valence-electron chi connectivity index (χ3n) is 3.43. The third kappa shape index (κ3) is 5.55. The van der Waals surface area contributed by atoms with Crippen molar-refractivity contribution < 1.29 is 24.5 Å². The van der Waals surface area contributed by atoms with Gasteiger partial charge in [0.1, 0.15) is 0 Å². The Labute approximate surface area is 124 Å².